The van der Waals surface area contributed by atoms with Gasteiger partial charge in [-0.3, -0.25) is 0 Å². The van der Waals surface area contributed by atoms with E-state index in [0.29, 0.717) is 0 Å². The Balaban J connectivity index is 2.70. The van der Waals surface area contributed by atoms with Crippen LogP contribution in [0.25, 0.3) is 0 Å². The van der Waals surface area contributed by atoms with Crippen molar-refractivity contribution >= 4 is 0 Å². The standard InChI is InChI=1S/C17H30N2/c1-13-8-9-15(14(2)10-13)16(3,4)11-19-12-17(5,6)18-7/h8-10,18-19H,11-12H2,1-7H3. The van der Waals surface area contributed by atoms with Crippen molar-refractivity contribution < 1.29 is 0 Å². The third-order valence-corrected chi connectivity index (χ3v) is 3.92. The summed E-state index contributed by atoms with van der Waals surface area (Å²) in [4.78, 5) is 0. The van der Waals surface area contributed by atoms with Crippen molar-refractivity contribution in [2.45, 2.75) is 52.5 Å². The van der Waals surface area contributed by atoms with Gasteiger partial charge in [0, 0.05) is 24.0 Å². The minimum atomic E-state index is 0.137. The van der Waals surface area contributed by atoms with Gasteiger partial charge < -0.3 is 10.6 Å². The normalized spacial score (nSPS) is 12.8. The van der Waals surface area contributed by atoms with Crippen LogP contribution in [0.2, 0.25) is 0 Å². The van der Waals surface area contributed by atoms with Crippen molar-refractivity contribution in [1.29, 1.82) is 0 Å². The van der Waals surface area contributed by atoms with Crippen LogP contribution in [0.3, 0.4) is 0 Å². The highest BCUT2D eigenvalue weighted by atomic mass is 15.0. The van der Waals surface area contributed by atoms with Crippen LogP contribution in [-0.2, 0) is 5.41 Å². The Morgan fingerprint density at radius 1 is 1.00 bits per heavy atom. The van der Waals surface area contributed by atoms with Crippen molar-refractivity contribution in [1.82, 2.24) is 10.6 Å². The molecule has 0 unspecified atom stereocenters. The molecule has 2 N–H and O–H groups in total. The summed E-state index contributed by atoms with van der Waals surface area (Å²) >= 11 is 0. The third-order valence-electron chi connectivity index (χ3n) is 3.92. The van der Waals surface area contributed by atoms with Gasteiger partial charge in [-0.15, -0.1) is 0 Å². The molecule has 0 fully saturated rings. The van der Waals surface area contributed by atoms with Gasteiger partial charge in [0.15, 0.2) is 0 Å². The average molecular weight is 262 g/mol. The molecule has 0 amide bonds. The van der Waals surface area contributed by atoms with Gasteiger partial charge in [0.1, 0.15) is 0 Å². The molecule has 1 rings (SSSR count). The van der Waals surface area contributed by atoms with Crippen LogP contribution >= 0.6 is 0 Å². The zero-order valence-electron chi connectivity index (χ0n) is 13.6. The van der Waals surface area contributed by atoms with Crippen LogP contribution in [0.4, 0.5) is 0 Å². The monoisotopic (exact) mass is 262 g/mol. The second kappa shape index (κ2) is 6.06. The van der Waals surface area contributed by atoms with E-state index in [4.69, 9.17) is 0 Å². The smallest absolute Gasteiger partial charge is 0.0246 e. The maximum Gasteiger partial charge on any atom is 0.0246 e. The lowest BCUT2D eigenvalue weighted by Gasteiger charge is -2.31. The van der Waals surface area contributed by atoms with Gasteiger partial charge in [-0.2, -0.15) is 0 Å². The third kappa shape index (κ3) is 4.63. The molecule has 0 atom stereocenters. The molecule has 2 heteroatoms. The molecular weight excluding hydrogens is 232 g/mol. The summed E-state index contributed by atoms with van der Waals surface area (Å²) in [6, 6.07) is 6.76. The molecule has 0 saturated carbocycles. The molecule has 19 heavy (non-hydrogen) atoms. The SMILES string of the molecule is CNC(C)(C)CNCC(C)(C)c1ccc(C)cc1C. The molecule has 2 nitrogen and oxygen atoms in total. The predicted molar refractivity (Wildman–Crippen MR) is 85.0 cm³/mol. The molecule has 0 radical (unpaired) electrons. The largest absolute Gasteiger partial charge is 0.314 e. The topological polar surface area (TPSA) is 24.1 Å². The van der Waals surface area contributed by atoms with Crippen LogP contribution in [0.1, 0.15) is 44.4 Å². The Labute approximate surface area is 119 Å². The number of likely N-dealkylation sites (N-methyl/N-ethyl adjacent to an activating group) is 1. The first-order chi connectivity index (χ1) is 8.68. The first kappa shape index (κ1) is 16.2. The van der Waals surface area contributed by atoms with Crippen molar-refractivity contribution in [3.05, 3.63) is 34.9 Å². The Morgan fingerprint density at radius 2 is 1.63 bits per heavy atom. The van der Waals surface area contributed by atoms with E-state index in [0.717, 1.165) is 13.1 Å². The lowest BCUT2D eigenvalue weighted by atomic mass is 9.81. The maximum absolute atomic E-state index is 3.59. The van der Waals surface area contributed by atoms with Gasteiger partial charge in [0.2, 0.25) is 0 Å². The van der Waals surface area contributed by atoms with E-state index in [2.05, 4.69) is 70.4 Å². The molecule has 0 aliphatic rings. The Morgan fingerprint density at radius 3 is 2.16 bits per heavy atom. The number of nitrogens with one attached hydrogen (secondary N) is 2. The quantitative estimate of drug-likeness (QED) is 0.823. The summed E-state index contributed by atoms with van der Waals surface area (Å²) in [6.07, 6.45) is 0. The second-order valence-electron chi connectivity index (χ2n) is 6.94. The van der Waals surface area contributed by atoms with Crippen molar-refractivity contribution in [2.24, 2.45) is 0 Å². The summed E-state index contributed by atoms with van der Waals surface area (Å²) in [6.45, 7) is 15.4. The lowest BCUT2D eigenvalue weighted by Crippen LogP contribution is -2.48. The zero-order chi connectivity index (χ0) is 14.7. The Hall–Kier alpha value is -0.860. The molecule has 0 heterocycles. The number of hydrogen-bond donors (Lipinski definition) is 2. The van der Waals surface area contributed by atoms with E-state index in [1.54, 1.807) is 0 Å². The van der Waals surface area contributed by atoms with Crippen molar-refractivity contribution in [3.63, 3.8) is 0 Å². The van der Waals surface area contributed by atoms with Gasteiger partial charge in [0.05, 0.1) is 0 Å². The number of aryl methyl sites for hydroxylation is 2. The fourth-order valence-corrected chi connectivity index (χ4v) is 2.44. The minimum absolute atomic E-state index is 0.137. The highest BCUT2D eigenvalue weighted by molar-refractivity contribution is 5.35. The summed E-state index contributed by atoms with van der Waals surface area (Å²) in [7, 11) is 2.01. The van der Waals surface area contributed by atoms with Gasteiger partial charge in [-0.25, -0.2) is 0 Å². The van der Waals surface area contributed by atoms with E-state index >= 15 is 0 Å². The summed E-state index contributed by atoms with van der Waals surface area (Å²) in [5.41, 5.74) is 4.45. The Bertz CT molecular complexity index is 419. The minimum Gasteiger partial charge on any atom is -0.314 e. The van der Waals surface area contributed by atoms with Gasteiger partial charge >= 0.3 is 0 Å². The van der Waals surface area contributed by atoms with Crippen molar-refractivity contribution in [3.8, 4) is 0 Å². The molecule has 0 aromatic heterocycles. The average Bonchev–Trinajstić information content (AvgIpc) is 2.27. The fraction of sp³-hybridized carbons (Fsp3) is 0.647. The van der Waals surface area contributed by atoms with Gasteiger partial charge in [0.25, 0.3) is 0 Å². The van der Waals surface area contributed by atoms with E-state index in [-0.39, 0.29) is 11.0 Å². The van der Waals surface area contributed by atoms with E-state index in [1.807, 2.05) is 7.05 Å². The highest BCUT2D eigenvalue weighted by Gasteiger charge is 2.23. The molecule has 0 saturated heterocycles. The van der Waals surface area contributed by atoms with Crippen LogP contribution < -0.4 is 10.6 Å². The molecular formula is C17H30N2. The predicted octanol–water partition coefficient (Wildman–Crippen LogP) is 3.17. The molecule has 108 valence electrons. The molecule has 0 aliphatic carbocycles. The van der Waals surface area contributed by atoms with Crippen LogP contribution in [-0.4, -0.2) is 25.7 Å². The van der Waals surface area contributed by atoms with Crippen molar-refractivity contribution in [2.75, 3.05) is 20.1 Å². The molecule has 0 spiro atoms. The molecule has 0 aliphatic heterocycles. The lowest BCUT2D eigenvalue weighted by molar-refractivity contribution is 0.367. The molecule has 1 aromatic carbocycles. The summed E-state index contributed by atoms with van der Waals surface area (Å²) in [5.74, 6) is 0. The van der Waals surface area contributed by atoms with E-state index < -0.39 is 0 Å². The summed E-state index contributed by atoms with van der Waals surface area (Å²) < 4.78 is 0. The van der Waals surface area contributed by atoms with Crippen LogP contribution in [0.5, 0.6) is 0 Å². The number of benzene rings is 1. The highest BCUT2D eigenvalue weighted by Crippen LogP contribution is 2.26. The maximum atomic E-state index is 3.59. The van der Waals surface area contributed by atoms with Crippen LogP contribution in [0.15, 0.2) is 18.2 Å². The van der Waals surface area contributed by atoms with Crippen LogP contribution in [0, 0.1) is 13.8 Å². The van der Waals surface area contributed by atoms with E-state index in [9.17, 15) is 0 Å². The summed E-state index contributed by atoms with van der Waals surface area (Å²) in [5, 5.41) is 6.92. The van der Waals surface area contributed by atoms with Gasteiger partial charge in [-0.1, -0.05) is 37.6 Å². The second-order valence-corrected chi connectivity index (χ2v) is 6.94. The van der Waals surface area contributed by atoms with Gasteiger partial charge in [-0.05, 0) is 45.9 Å². The molecule has 0 bridgehead atoms. The van der Waals surface area contributed by atoms with E-state index in [1.165, 1.54) is 16.7 Å². The Kier molecular flexibility index (Phi) is 5.17. The number of hydrogen-bond acceptors (Lipinski definition) is 2. The molecule has 1 aromatic rings. The zero-order valence-corrected chi connectivity index (χ0v) is 13.6. The fourth-order valence-electron chi connectivity index (χ4n) is 2.44. The first-order valence-electron chi connectivity index (χ1n) is 7.15. The number of rotatable bonds is 6. The first-order valence-corrected chi connectivity index (χ1v) is 7.15.